The molecule has 1 aromatic rings. The van der Waals surface area contributed by atoms with Crippen molar-refractivity contribution in [3.8, 4) is 5.75 Å². The van der Waals surface area contributed by atoms with Crippen molar-refractivity contribution in [2.24, 2.45) is 5.92 Å². The summed E-state index contributed by atoms with van der Waals surface area (Å²) in [4.78, 5) is 22.6. The monoisotopic (exact) mass is 269 g/mol. The number of carboxylic acids is 1. The van der Waals surface area contributed by atoms with Crippen LogP contribution in [0, 0.1) is 11.7 Å². The number of halogens is 1. The van der Waals surface area contributed by atoms with E-state index in [4.69, 9.17) is 5.11 Å². The summed E-state index contributed by atoms with van der Waals surface area (Å²) in [6.45, 7) is 1.79. The average molecular weight is 269 g/mol. The number of amides is 1. The van der Waals surface area contributed by atoms with Crippen molar-refractivity contribution >= 4 is 11.9 Å². The fourth-order valence-corrected chi connectivity index (χ4v) is 1.66. The molecule has 1 atom stereocenters. The molecule has 1 rings (SSSR count). The van der Waals surface area contributed by atoms with Gasteiger partial charge >= 0.3 is 5.97 Å². The van der Waals surface area contributed by atoms with Crippen LogP contribution in [0.2, 0.25) is 0 Å². The molecule has 0 aliphatic rings. The first-order valence-corrected chi connectivity index (χ1v) is 5.95. The van der Waals surface area contributed by atoms with Gasteiger partial charge in [-0.15, -0.1) is 0 Å². The summed E-state index contributed by atoms with van der Waals surface area (Å²) in [7, 11) is 0. The number of benzene rings is 1. The van der Waals surface area contributed by atoms with Gasteiger partial charge < -0.3 is 15.5 Å². The standard InChI is InChI=1S/C13H16FNO4/c1-2-3-8(13(18)19)7-15-12(17)10-6-9(14)4-5-11(10)16/h4-6,8,16H,2-3,7H2,1H3,(H,15,17)(H,18,19). The van der Waals surface area contributed by atoms with Crippen LogP contribution in [0.1, 0.15) is 30.1 Å². The van der Waals surface area contributed by atoms with E-state index in [2.05, 4.69) is 5.32 Å². The maximum atomic E-state index is 13.0. The second kappa shape index (κ2) is 6.72. The van der Waals surface area contributed by atoms with Crippen LogP contribution >= 0.6 is 0 Å². The molecule has 19 heavy (non-hydrogen) atoms. The first-order chi connectivity index (χ1) is 8.95. The maximum Gasteiger partial charge on any atom is 0.308 e. The molecule has 1 unspecified atom stereocenters. The number of carboxylic acid groups (broad SMARTS) is 1. The number of carbonyl (C=O) groups excluding carboxylic acids is 1. The molecule has 3 N–H and O–H groups in total. The number of phenolic OH excluding ortho intramolecular Hbond substituents is 1. The predicted molar refractivity (Wildman–Crippen MR) is 66.4 cm³/mol. The van der Waals surface area contributed by atoms with Gasteiger partial charge in [0.05, 0.1) is 11.5 Å². The van der Waals surface area contributed by atoms with Crippen LogP contribution in [0.4, 0.5) is 4.39 Å². The molecule has 0 fully saturated rings. The zero-order valence-corrected chi connectivity index (χ0v) is 10.5. The van der Waals surface area contributed by atoms with Crippen LogP contribution in [0.5, 0.6) is 5.75 Å². The summed E-state index contributed by atoms with van der Waals surface area (Å²) in [5.41, 5.74) is -0.208. The third kappa shape index (κ3) is 4.24. The number of carbonyl (C=O) groups is 2. The first-order valence-electron chi connectivity index (χ1n) is 5.95. The molecule has 1 aromatic carbocycles. The van der Waals surface area contributed by atoms with E-state index in [-0.39, 0.29) is 17.9 Å². The molecule has 6 heteroatoms. The number of rotatable bonds is 6. The fraction of sp³-hybridized carbons (Fsp3) is 0.385. The van der Waals surface area contributed by atoms with Gasteiger partial charge in [0.2, 0.25) is 0 Å². The average Bonchev–Trinajstić information content (AvgIpc) is 2.36. The zero-order valence-electron chi connectivity index (χ0n) is 10.5. The molecular weight excluding hydrogens is 253 g/mol. The highest BCUT2D eigenvalue weighted by Gasteiger charge is 2.19. The van der Waals surface area contributed by atoms with Crippen molar-refractivity contribution in [3.05, 3.63) is 29.6 Å². The minimum atomic E-state index is -0.995. The Balaban J connectivity index is 2.69. The van der Waals surface area contributed by atoms with Gasteiger partial charge in [-0.1, -0.05) is 13.3 Å². The molecule has 0 aliphatic carbocycles. The van der Waals surface area contributed by atoms with Crippen LogP contribution in [-0.4, -0.2) is 28.6 Å². The van der Waals surface area contributed by atoms with Crippen LogP contribution in [0.3, 0.4) is 0 Å². The Kier molecular flexibility index (Phi) is 5.29. The number of aliphatic carboxylic acids is 1. The molecule has 0 heterocycles. The van der Waals surface area contributed by atoms with Crippen LogP contribution in [0.15, 0.2) is 18.2 Å². The molecule has 0 aromatic heterocycles. The maximum absolute atomic E-state index is 13.0. The lowest BCUT2D eigenvalue weighted by atomic mass is 10.0. The molecule has 0 radical (unpaired) electrons. The molecule has 0 saturated heterocycles. The normalized spacial score (nSPS) is 11.9. The highest BCUT2D eigenvalue weighted by molar-refractivity contribution is 5.96. The summed E-state index contributed by atoms with van der Waals surface area (Å²) < 4.78 is 13.0. The van der Waals surface area contributed by atoms with Gasteiger partial charge in [-0.25, -0.2) is 4.39 Å². The molecule has 0 bridgehead atoms. The molecule has 1 amide bonds. The fourth-order valence-electron chi connectivity index (χ4n) is 1.66. The van der Waals surface area contributed by atoms with Gasteiger partial charge in [0, 0.05) is 6.54 Å². The quantitative estimate of drug-likeness (QED) is 0.734. The summed E-state index contributed by atoms with van der Waals surface area (Å²) in [6, 6.07) is 3.01. The Morgan fingerprint density at radius 2 is 2.11 bits per heavy atom. The van der Waals surface area contributed by atoms with E-state index >= 15 is 0 Å². The van der Waals surface area contributed by atoms with Crippen molar-refractivity contribution in [1.82, 2.24) is 5.32 Å². The van der Waals surface area contributed by atoms with E-state index in [1.54, 1.807) is 0 Å². The van der Waals surface area contributed by atoms with E-state index in [1.165, 1.54) is 0 Å². The van der Waals surface area contributed by atoms with Crippen LogP contribution in [-0.2, 0) is 4.79 Å². The Bertz CT molecular complexity index is 476. The Labute approximate surface area is 110 Å². The lowest BCUT2D eigenvalue weighted by Crippen LogP contribution is -2.33. The van der Waals surface area contributed by atoms with E-state index in [0.717, 1.165) is 18.2 Å². The van der Waals surface area contributed by atoms with E-state index in [1.807, 2.05) is 6.92 Å². The molecule has 104 valence electrons. The third-order valence-electron chi connectivity index (χ3n) is 2.70. The van der Waals surface area contributed by atoms with Gasteiger partial charge in [-0.3, -0.25) is 9.59 Å². The smallest absolute Gasteiger partial charge is 0.308 e. The SMILES string of the molecule is CCCC(CNC(=O)c1cc(F)ccc1O)C(=O)O. The van der Waals surface area contributed by atoms with Gasteiger partial charge in [0.25, 0.3) is 5.91 Å². The minimum absolute atomic E-state index is 0.0576. The van der Waals surface area contributed by atoms with Crippen molar-refractivity contribution in [1.29, 1.82) is 0 Å². The summed E-state index contributed by atoms with van der Waals surface area (Å²) in [5, 5.41) is 20.8. The summed E-state index contributed by atoms with van der Waals surface area (Å²) in [5.74, 6) is -3.37. The highest BCUT2D eigenvalue weighted by atomic mass is 19.1. The van der Waals surface area contributed by atoms with E-state index in [0.29, 0.717) is 12.8 Å². The number of nitrogens with one attached hydrogen (secondary N) is 1. The van der Waals surface area contributed by atoms with Gasteiger partial charge in [-0.2, -0.15) is 0 Å². The third-order valence-corrected chi connectivity index (χ3v) is 2.70. The van der Waals surface area contributed by atoms with Gasteiger partial charge in [0.1, 0.15) is 11.6 Å². The van der Waals surface area contributed by atoms with Crippen molar-refractivity contribution in [3.63, 3.8) is 0 Å². The molecule has 0 aliphatic heterocycles. The number of hydrogen-bond acceptors (Lipinski definition) is 3. The Hall–Kier alpha value is -2.11. The predicted octanol–water partition coefficient (Wildman–Crippen LogP) is 1.76. The lowest BCUT2D eigenvalue weighted by molar-refractivity contribution is -0.141. The summed E-state index contributed by atoms with van der Waals surface area (Å²) in [6.07, 6.45) is 1.11. The Morgan fingerprint density at radius 3 is 2.68 bits per heavy atom. The number of phenols is 1. The van der Waals surface area contributed by atoms with Crippen LogP contribution < -0.4 is 5.32 Å². The Morgan fingerprint density at radius 1 is 1.42 bits per heavy atom. The second-order valence-corrected chi connectivity index (χ2v) is 4.20. The van der Waals surface area contributed by atoms with Gasteiger partial charge in [0.15, 0.2) is 0 Å². The summed E-state index contributed by atoms with van der Waals surface area (Å²) >= 11 is 0. The van der Waals surface area contributed by atoms with E-state index in [9.17, 15) is 19.1 Å². The van der Waals surface area contributed by atoms with Crippen molar-refractivity contribution in [2.45, 2.75) is 19.8 Å². The minimum Gasteiger partial charge on any atom is -0.507 e. The van der Waals surface area contributed by atoms with Crippen LogP contribution in [0.25, 0.3) is 0 Å². The first kappa shape index (κ1) is 14.9. The molecule has 0 saturated carbocycles. The topological polar surface area (TPSA) is 86.6 Å². The van der Waals surface area contributed by atoms with Gasteiger partial charge in [-0.05, 0) is 24.6 Å². The zero-order chi connectivity index (χ0) is 14.4. The van der Waals surface area contributed by atoms with E-state index < -0.39 is 23.6 Å². The largest absolute Gasteiger partial charge is 0.507 e. The number of hydrogen-bond donors (Lipinski definition) is 3. The molecular formula is C13H16FNO4. The molecule has 5 nitrogen and oxygen atoms in total. The highest BCUT2D eigenvalue weighted by Crippen LogP contribution is 2.17. The van der Waals surface area contributed by atoms with Crippen molar-refractivity contribution in [2.75, 3.05) is 6.54 Å². The van der Waals surface area contributed by atoms with Crippen molar-refractivity contribution < 1.29 is 24.2 Å². The second-order valence-electron chi connectivity index (χ2n) is 4.20. The lowest BCUT2D eigenvalue weighted by Gasteiger charge is -2.12. The number of aromatic hydroxyl groups is 1. The molecule has 0 spiro atoms.